The van der Waals surface area contributed by atoms with Crippen LogP contribution in [-0.2, 0) is 19.4 Å². The molecule has 0 aliphatic carbocycles. The van der Waals surface area contributed by atoms with Crippen molar-refractivity contribution in [3.63, 3.8) is 0 Å². The van der Waals surface area contributed by atoms with Crippen LogP contribution in [0, 0.1) is 5.92 Å². The van der Waals surface area contributed by atoms with E-state index in [1.165, 1.54) is 0 Å². The first-order valence-electron chi connectivity index (χ1n) is 10.1. The van der Waals surface area contributed by atoms with Crippen molar-refractivity contribution in [1.82, 2.24) is 14.7 Å². The van der Waals surface area contributed by atoms with Crippen LogP contribution in [0.15, 0.2) is 54.6 Å². The summed E-state index contributed by atoms with van der Waals surface area (Å²) in [5.41, 5.74) is 4.55. The van der Waals surface area contributed by atoms with Gasteiger partial charge in [-0.25, -0.2) is 4.68 Å². The lowest BCUT2D eigenvalue weighted by Crippen LogP contribution is -2.28. The average molecular weight is 410 g/mol. The Morgan fingerprint density at radius 2 is 1.76 bits per heavy atom. The lowest BCUT2D eigenvalue weighted by atomic mass is 10.0. The van der Waals surface area contributed by atoms with Crippen molar-refractivity contribution >= 4 is 17.5 Å². The Balaban J connectivity index is 2.02. The number of hydrogen-bond donors (Lipinski definition) is 0. The van der Waals surface area contributed by atoms with Crippen molar-refractivity contribution in [3.8, 4) is 5.69 Å². The number of carbonyl (C=O) groups excluding carboxylic acids is 1. The summed E-state index contributed by atoms with van der Waals surface area (Å²) < 4.78 is 1.90. The third-order valence-corrected chi connectivity index (χ3v) is 5.14. The second kappa shape index (κ2) is 9.27. The molecule has 0 unspecified atom stereocenters. The topological polar surface area (TPSA) is 38.1 Å². The van der Waals surface area contributed by atoms with Crippen molar-refractivity contribution in [1.29, 1.82) is 0 Å². The van der Waals surface area contributed by atoms with Gasteiger partial charge < -0.3 is 4.90 Å². The average Bonchev–Trinajstić information content (AvgIpc) is 3.06. The molecule has 1 aromatic heterocycles. The standard InChI is InChI=1S/C24H28ClN3O/c1-5-22-23(24(29)27(4)16-18-9-7-6-8-10-18)21(15-17(2)3)26-28(22)20-13-11-19(25)12-14-20/h6-14,17H,5,15-16H2,1-4H3. The van der Waals surface area contributed by atoms with Crippen LogP contribution in [0.3, 0.4) is 0 Å². The molecule has 3 aromatic rings. The number of rotatable bonds is 7. The highest BCUT2D eigenvalue weighted by Gasteiger charge is 2.26. The zero-order valence-electron chi connectivity index (χ0n) is 17.5. The van der Waals surface area contributed by atoms with Crippen molar-refractivity contribution in [3.05, 3.63) is 82.1 Å². The predicted molar refractivity (Wildman–Crippen MR) is 119 cm³/mol. The molecule has 0 atom stereocenters. The fraction of sp³-hybridized carbons (Fsp3) is 0.333. The predicted octanol–water partition coefficient (Wildman–Crippen LogP) is 5.56. The molecule has 2 aromatic carbocycles. The number of hydrogen-bond acceptors (Lipinski definition) is 2. The van der Waals surface area contributed by atoms with Gasteiger partial charge in [-0.15, -0.1) is 0 Å². The first-order chi connectivity index (χ1) is 13.9. The smallest absolute Gasteiger partial charge is 0.257 e. The minimum atomic E-state index is 0.0153. The van der Waals surface area contributed by atoms with Gasteiger partial charge in [0, 0.05) is 18.6 Å². The van der Waals surface area contributed by atoms with E-state index in [-0.39, 0.29) is 5.91 Å². The van der Waals surface area contributed by atoms with Gasteiger partial charge in [0.05, 0.1) is 22.6 Å². The SMILES string of the molecule is CCc1c(C(=O)N(C)Cc2ccccc2)c(CC(C)C)nn1-c1ccc(Cl)cc1. The molecule has 0 saturated carbocycles. The minimum Gasteiger partial charge on any atom is -0.337 e. The van der Waals surface area contributed by atoms with Gasteiger partial charge in [0.25, 0.3) is 5.91 Å². The van der Waals surface area contributed by atoms with E-state index in [2.05, 4.69) is 20.8 Å². The highest BCUT2D eigenvalue weighted by Crippen LogP contribution is 2.25. The summed E-state index contributed by atoms with van der Waals surface area (Å²) in [5, 5.41) is 5.54. The third kappa shape index (κ3) is 4.88. The fourth-order valence-corrected chi connectivity index (χ4v) is 3.65. The highest BCUT2D eigenvalue weighted by molar-refractivity contribution is 6.30. The third-order valence-electron chi connectivity index (χ3n) is 4.88. The zero-order chi connectivity index (χ0) is 21.0. The molecule has 0 aliphatic heterocycles. The number of nitrogens with zero attached hydrogens (tertiary/aromatic N) is 3. The molecule has 1 amide bonds. The molecule has 4 nitrogen and oxygen atoms in total. The number of carbonyl (C=O) groups is 1. The van der Waals surface area contributed by atoms with Gasteiger partial charge in [0.15, 0.2) is 0 Å². The van der Waals surface area contributed by atoms with Crippen LogP contribution in [0.5, 0.6) is 0 Å². The van der Waals surface area contributed by atoms with Crippen molar-refractivity contribution in [2.24, 2.45) is 5.92 Å². The molecule has 1 heterocycles. The molecule has 0 bridgehead atoms. The number of amides is 1. The van der Waals surface area contributed by atoms with E-state index in [0.29, 0.717) is 23.9 Å². The van der Waals surface area contributed by atoms with Crippen LogP contribution in [-0.4, -0.2) is 27.6 Å². The van der Waals surface area contributed by atoms with E-state index in [1.807, 2.05) is 66.3 Å². The second-order valence-corrected chi connectivity index (χ2v) is 8.19. The summed E-state index contributed by atoms with van der Waals surface area (Å²) in [6.45, 7) is 6.93. The van der Waals surface area contributed by atoms with Gasteiger partial charge in [-0.3, -0.25) is 4.79 Å². The van der Waals surface area contributed by atoms with Crippen LogP contribution in [0.25, 0.3) is 5.69 Å². The normalized spacial score (nSPS) is 11.1. The van der Waals surface area contributed by atoms with Crippen LogP contribution in [0.2, 0.25) is 5.02 Å². The maximum Gasteiger partial charge on any atom is 0.257 e. The number of aromatic nitrogens is 2. The van der Waals surface area contributed by atoms with Gasteiger partial charge >= 0.3 is 0 Å². The number of benzene rings is 2. The van der Waals surface area contributed by atoms with Gasteiger partial charge in [-0.1, -0.05) is 62.7 Å². The van der Waals surface area contributed by atoms with Gasteiger partial charge in [-0.2, -0.15) is 5.10 Å². The summed E-state index contributed by atoms with van der Waals surface area (Å²) in [6.07, 6.45) is 1.47. The van der Waals surface area contributed by atoms with E-state index >= 15 is 0 Å². The summed E-state index contributed by atoms with van der Waals surface area (Å²) in [7, 11) is 1.85. The first-order valence-corrected chi connectivity index (χ1v) is 10.4. The molecular weight excluding hydrogens is 382 g/mol. The fourth-order valence-electron chi connectivity index (χ4n) is 3.52. The molecule has 3 rings (SSSR count). The van der Waals surface area contributed by atoms with E-state index in [0.717, 1.165) is 34.6 Å². The maximum absolute atomic E-state index is 13.5. The molecule has 5 heteroatoms. The minimum absolute atomic E-state index is 0.0153. The molecule has 0 N–H and O–H groups in total. The summed E-state index contributed by atoms with van der Waals surface area (Å²) in [5.74, 6) is 0.417. The molecule has 29 heavy (non-hydrogen) atoms. The zero-order valence-corrected chi connectivity index (χ0v) is 18.3. The van der Waals surface area contributed by atoms with E-state index in [4.69, 9.17) is 16.7 Å². The Morgan fingerprint density at radius 3 is 2.34 bits per heavy atom. The van der Waals surface area contributed by atoms with E-state index in [1.54, 1.807) is 4.90 Å². The van der Waals surface area contributed by atoms with Crippen LogP contribution >= 0.6 is 11.6 Å². The molecule has 0 fully saturated rings. The summed E-state index contributed by atoms with van der Waals surface area (Å²) in [6, 6.07) is 17.6. The number of halogens is 1. The summed E-state index contributed by atoms with van der Waals surface area (Å²) >= 11 is 6.06. The largest absolute Gasteiger partial charge is 0.337 e. The quantitative estimate of drug-likeness (QED) is 0.512. The second-order valence-electron chi connectivity index (χ2n) is 7.75. The molecule has 0 aliphatic rings. The Hall–Kier alpha value is -2.59. The van der Waals surface area contributed by atoms with Crippen molar-refractivity contribution in [2.45, 2.75) is 40.2 Å². The monoisotopic (exact) mass is 409 g/mol. The van der Waals surface area contributed by atoms with Crippen molar-refractivity contribution in [2.75, 3.05) is 7.05 Å². The molecule has 0 spiro atoms. The van der Waals surface area contributed by atoms with Gasteiger partial charge in [-0.05, 0) is 48.6 Å². The van der Waals surface area contributed by atoms with Crippen LogP contribution in [0.1, 0.15) is 48.1 Å². The lowest BCUT2D eigenvalue weighted by molar-refractivity contribution is 0.0782. The van der Waals surface area contributed by atoms with E-state index in [9.17, 15) is 4.79 Å². The molecular formula is C24H28ClN3O. The van der Waals surface area contributed by atoms with Crippen LogP contribution in [0.4, 0.5) is 0 Å². The Labute approximate surface area is 178 Å². The van der Waals surface area contributed by atoms with Gasteiger partial charge in [0.2, 0.25) is 0 Å². The van der Waals surface area contributed by atoms with Crippen LogP contribution < -0.4 is 0 Å². The summed E-state index contributed by atoms with van der Waals surface area (Å²) in [4.78, 5) is 15.3. The van der Waals surface area contributed by atoms with Gasteiger partial charge in [0.1, 0.15) is 0 Å². The first kappa shape index (κ1) is 21.1. The molecule has 0 saturated heterocycles. The molecule has 0 radical (unpaired) electrons. The Kier molecular flexibility index (Phi) is 6.75. The highest BCUT2D eigenvalue weighted by atomic mass is 35.5. The van der Waals surface area contributed by atoms with Crippen molar-refractivity contribution < 1.29 is 4.79 Å². The molecule has 152 valence electrons. The maximum atomic E-state index is 13.5. The Bertz CT molecular complexity index is 962. The van der Waals surface area contributed by atoms with E-state index < -0.39 is 0 Å². The Morgan fingerprint density at radius 1 is 1.10 bits per heavy atom. The lowest BCUT2D eigenvalue weighted by Gasteiger charge is -2.19.